The molecule has 4 rings (SSSR count). The van der Waals surface area contributed by atoms with E-state index in [1.165, 1.54) is 22.3 Å². The highest BCUT2D eigenvalue weighted by molar-refractivity contribution is 6.30. The van der Waals surface area contributed by atoms with Crippen LogP contribution in [0.1, 0.15) is 33.0 Å². The SMILES string of the molecule is O=Cc1ccc(Cl)cc1C=CCNC(=O)OCC1c2ccccc2-c2ccccc21. The van der Waals surface area contributed by atoms with Crippen LogP contribution in [-0.4, -0.2) is 25.5 Å². The van der Waals surface area contributed by atoms with Crippen LogP contribution in [0.4, 0.5) is 4.79 Å². The van der Waals surface area contributed by atoms with Crippen LogP contribution in [-0.2, 0) is 4.74 Å². The second-order valence-corrected chi connectivity index (χ2v) is 7.44. The molecule has 150 valence electrons. The molecule has 1 aliphatic carbocycles. The molecule has 30 heavy (non-hydrogen) atoms. The lowest BCUT2D eigenvalue weighted by Gasteiger charge is -2.14. The van der Waals surface area contributed by atoms with Gasteiger partial charge in [-0.25, -0.2) is 4.79 Å². The highest BCUT2D eigenvalue weighted by atomic mass is 35.5. The minimum Gasteiger partial charge on any atom is -0.449 e. The van der Waals surface area contributed by atoms with Gasteiger partial charge in [-0.1, -0.05) is 72.3 Å². The summed E-state index contributed by atoms with van der Waals surface area (Å²) >= 11 is 5.97. The van der Waals surface area contributed by atoms with E-state index in [-0.39, 0.29) is 19.1 Å². The Morgan fingerprint density at radius 1 is 0.967 bits per heavy atom. The molecule has 0 saturated carbocycles. The molecule has 1 aliphatic rings. The third-order valence-corrected chi connectivity index (χ3v) is 5.42. The molecular formula is C25H20ClNO3. The van der Waals surface area contributed by atoms with Gasteiger partial charge in [0.2, 0.25) is 0 Å². The van der Waals surface area contributed by atoms with Gasteiger partial charge in [0.15, 0.2) is 6.29 Å². The summed E-state index contributed by atoms with van der Waals surface area (Å²) in [5.41, 5.74) is 5.97. The molecule has 0 atom stereocenters. The highest BCUT2D eigenvalue weighted by Crippen LogP contribution is 2.44. The molecule has 0 unspecified atom stereocenters. The second kappa shape index (κ2) is 8.97. The largest absolute Gasteiger partial charge is 0.449 e. The maximum atomic E-state index is 12.2. The maximum absolute atomic E-state index is 12.2. The monoisotopic (exact) mass is 417 g/mol. The molecule has 0 spiro atoms. The van der Waals surface area contributed by atoms with Gasteiger partial charge in [0, 0.05) is 23.0 Å². The van der Waals surface area contributed by atoms with E-state index in [2.05, 4.69) is 29.6 Å². The molecule has 4 nitrogen and oxygen atoms in total. The normalized spacial score (nSPS) is 12.4. The Bertz CT molecular complexity index is 1080. The first kappa shape index (κ1) is 19.9. The van der Waals surface area contributed by atoms with Gasteiger partial charge >= 0.3 is 6.09 Å². The molecule has 5 heteroatoms. The second-order valence-electron chi connectivity index (χ2n) is 7.00. The van der Waals surface area contributed by atoms with E-state index < -0.39 is 6.09 Å². The Balaban J connectivity index is 1.35. The minimum absolute atomic E-state index is 0.0281. The van der Waals surface area contributed by atoms with Gasteiger partial charge in [-0.2, -0.15) is 0 Å². The van der Waals surface area contributed by atoms with E-state index in [4.69, 9.17) is 16.3 Å². The Kier molecular flexibility index (Phi) is 5.96. The predicted molar refractivity (Wildman–Crippen MR) is 119 cm³/mol. The van der Waals surface area contributed by atoms with Gasteiger partial charge in [-0.15, -0.1) is 0 Å². The first-order valence-electron chi connectivity index (χ1n) is 9.67. The average molecular weight is 418 g/mol. The number of hydrogen-bond donors (Lipinski definition) is 1. The molecule has 0 fully saturated rings. The number of halogens is 1. The summed E-state index contributed by atoms with van der Waals surface area (Å²) in [4.78, 5) is 23.3. The van der Waals surface area contributed by atoms with Crippen LogP contribution in [0.15, 0.2) is 72.8 Å². The zero-order valence-electron chi connectivity index (χ0n) is 16.2. The maximum Gasteiger partial charge on any atom is 0.407 e. The van der Waals surface area contributed by atoms with Gasteiger partial charge < -0.3 is 10.1 Å². The summed E-state index contributed by atoms with van der Waals surface area (Å²) in [6.07, 6.45) is 3.79. The topological polar surface area (TPSA) is 55.4 Å². The van der Waals surface area contributed by atoms with Crippen molar-refractivity contribution in [2.75, 3.05) is 13.2 Å². The fourth-order valence-electron chi connectivity index (χ4n) is 3.77. The third kappa shape index (κ3) is 4.14. The van der Waals surface area contributed by atoms with Crippen molar-refractivity contribution < 1.29 is 14.3 Å². The molecule has 1 N–H and O–H groups in total. The van der Waals surface area contributed by atoms with Crippen LogP contribution >= 0.6 is 11.6 Å². The van der Waals surface area contributed by atoms with Crippen molar-refractivity contribution in [2.24, 2.45) is 0 Å². The molecule has 0 aromatic heterocycles. The van der Waals surface area contributed by atoms with Crippen LogP contribution in [0, 0.1) is 0 Å². The van der Waals surface area contributed by atoms with Gasteiger partial charge in [-0.3, -0.25) is 4.79 Å². The van der Waals surface area contributed by atoms with E-state index in [1.807, 2.05) is 24.3 Å². The number of ether oxygens (including phenoxy) is 1. The predicted octanol–water partition coefficient (Wildman–Crippen LogP) is 5.70. The molecule has 3 aromatic rings. The number of carbonyl (C=O) groups is 2. The third-order valence-electron chi connectivity index (χ3n) is 5.18. The van der Waals surface area contributed by atoms with Crippen molar-refractivity contribution in [3.05, 3.63) is 100 Å². The molecule has 0 bridgehead atoms. The van der Waals surface area contributed by atoms with E-state index in [0.29, 0.717) is 16.1 Å². The molecule has 3 aromatic carbocycles. The molecule has 0 heterocycles. The van der Waals surface area contributed by atoms with Gasteiger partial charge in [0.25, 0.3) is 0 Å². The summed E-state index contributed by atoms with van der Waals surface area (Å²) < 4.78 is 5.49. The number of hydrogen-bond acceptors (Lipinski definition) is 3. The molecule has 0 saturated heterocycles. The van der Waals surface area contributed by atoms with Gasteiger partial charge in [-0.05, 0) is 46.0 Å². The van der Waals surface area contributed by atoms with Gasteiger partial charge in [0.05, 0.1) is 0 Å². The fraction of sp³-hybridized carbons (Fsp3) is 0.120. The van der Waals surface area contributed by atoms with Crippen molar-refractivity contribution >= 4 is 30.1 Å². The first-order valence-corrected chi connectivity index (χ1v) is 10.1. The number of carbonyl (C=O) groups excluding carboxylic acids is 2. The lowest BCUT2D eigenvalue weighted by molar-refractivity contribution is 0.112. The van der Waals surface area contributed by atoms with Gasteiger partial charge in [0.1, 0.15) is 6.61 Å². The van der Waals surface area contributed by atoms with Crippen LogP contribution in [0.25, 0.3) is 17.2 Å². The quantitative estimate of drug-likeness (QED) is 0.523. The number of alkyl carbamates (subject to hydrolysis) is 1. The van der Waals surface area contributed by atoms with E-state index in [1.54, 1.807) is 30.4 Å². The van der Waals surface area contributed by atoms with Crippen LogP contribution in [0.3, 0.4) is 0 Å². The molecule has 0 aliphatic heterocycles. The zero-order chi connectivity index (χ0) is 20.9. The Morgan fingerprint density at radius 3 is 2.30 bits per heavy atom. The summed E-state index contributed by atoms with van der Waals surface area (Å²) in [5.74, 6) is 0.0281. The smallest absolute Gasteiger partial charge is 0.407 e. The van der Waals surface area contributed by atoms with Crippen LogP contribution in [0.5, 0.6) is 0 Å². The Labute approximate surface area is 180 Å². The zero-order valence-corrected chi connectivity index (χ0v) is 16.9. The van der Waals surface area contributed by atoms with E-state index in [9.17, 15) is 9.59 Å². The van der Waals surface area contributed by atoms with E-state index >= 15 is 0 Å². The molecular weight excluding hydrogens is 398 g/mol. The fourth-order valence-corrected chi connectivity index (χ4v) is 3.96. The summed E-state index contributed by atoms with van der Waals surface area (Å²) in [7, 11) is 0. The van der Waals surface area contributed by atoms with Crippen molar-refractivity contribution in [3.8, 4) is 11.1 Å². The first-order chi connectivity index (χ1) is 14.7. The van der Waals surface area contributed by atoms with Crippen molar-refractivity contribution in [1.82, 2.24) is 5.32 Å². The van der Waals surface area contributed by atoms with Crippen molar-refractivity contribution in [2.45, 2.75) is 5.92 Å². The molecule has 0 radical (unpaired) electrons. The van der Waals surface area contributed by atoms with Crippen LogP contribution in [0.2, 0.25) is 5.02 Å². The van der Waals surface area contributed by atoms with E-state index in [0.717, 1.165) is 6.29 Å². The number of benzene rings is 3. The van der Waals surface area contributed by atoms with Crippen LogP contribution < -0.4 is 5.32 Å². The Hall–Kier alpha value is -3.37. The summed E-state index contributed by atoms with van der Waals surface area (Å²) in [5, 5.41) is 3.25. The van der Waals surface area contributed by atoms with Crippen molar-refractivity contribution in [1.29, 1.82) is 0 Å². The Morgan fingerprint density at radius 2 is 1.63 bits per heavy atom. The lowest BCUT2D eigenvalue weighted by atomic mass is 9.98. The number of aldehydes is 1. The standard InChI is InChI=1S/C25H20ClNO3/c26-19-12-11-18(15-28)17(14-19)6-5-13-27-25(29)30-16-24-22-9-3-1-7-20(22)21-8-2-4-10-23(21)24/h1-12,14-15,24H,13,16H2,(H,27,29). The minimum atomic E-state index is -0.483. The summed E-state index contributed by atoms with van der Waals surface area (Å²) in [6, 6.07) is 21.4. The average Bonchev–Trinajstić information content (AvgIpc) is 3.09. The number of nitrogens with one attached hydrogen (secondary N) is 1. The lowest BCUT2D eigenvalue weighted by Crippen LogP contribution is -2.26. The number of rotatable bonds is 6. The molecule has 1 amide bonds. The summed E-state index contributed by atoms with van der Waals surface area (Å²) in [6.45, 7) is 0.550. The number of fused-ring (bicyclic) bond motifs is 3. The highest BCUT2D eigenvalue weighted by Gasteiger charge is 2.28. The number of amides is 1. The van der Waals surface area contributed by atoms with Crippen molar-refractivity contribution in [3.63, 3.8) is 0 Å².